The van der Waals surface area contributed by atoms with Gasteiger partial charge in [0, 0.05) is 20.1 Å². The van der Waals surface area contributed by atoms with E-state index < -0.39 is 15.6 Å². The van der Waals surface area contributed by atoms with Crippen LogP contribution in [0, 0.1) is 6.92 Å². The van der Waals surface area contributed by atoms with Gasteiger partial charge < -0.3 is 10.1 Å². The molecule has 1 aliphatic heterocycles. The Kier molecular flexibility index (Phi) is 4.59. The zero-order valence-corrected chi connectivity index (χ0v) is 14.1. The smallest absolute Gasteiger partial charge is 0.253 e. The van der Waals surface area contributed by atoms with Gasteiger partial charge in [-0.05, 0) is 20.8 Å². The van der Waals surface area contributed by atoms with Crippen molar-refractivity contribution in [1.29, 1.82) is 0 Å². The summed E-state index contributed by atoms with van der Waals surface area (Å²) in [5.41, 5.74) is -0.593. The van der Waals surface area contributed by atoms with Gasteiger partial charge >= 0.3 is 0 Å². The lowest BCUT2D eigenvalue weighted by Crippen LogP contribution is -2.58. The third kappa shape index (κ3) is 2.75. The zero-order valence-electron chi connectivity index (χ0n) is 13.3. The largest absolute Gasteiger partial charge is 0.363 e. The van der Waals surface area contributed by atoms with E-state index in [9.17, 15) is 13.2 Å². The molecule has 1 fully saturated rings. The number of hydrogen-bond acceptors (Lipinski definition) is 5. The van der Waals surface area contributed by atoms with Crippen molar-refractivity contribution in [2.24, 2.45) is 0 Å². The number of ether oxygens (including phenoxy) is 1. The molecule has 1 unspecified atom stereocenters. The van der Waals surface area contributed by atoms with Crippen LogP contribution in [-0.2, 0) is 26.1 Å². The summed E-state index contributed by atoms with van der Waals surface area (Å²) in [5, 5.41) is 6.59. The minimum Gasteiger partial charge on any atom is -0.363 e. The summed E-state index contributed by atoms with van der Waals surface area (Å²) in [6.07, 6.45) is 1.36. The van der Waals surface area contributed by atoms with Gasteiger partial charge in [-0.25, -0.2) is 8.42 Å². The predicted octanol–water partition coefficient (Wildman–Crippen LogP) is -0.263. The number of sulfonamides is 1. The molecule has 0 aliphatic carbocycles. The van der Waals surface area contributed by atoms with Crippen LogP contribution in [0.5, 0.6) is 0 Å². The lowest BCUT2D eigenvalue weighted by Gasteiger charge is -2.38. The van der Waals surface area contributed by atoms with Gasteiger partial charge in [-0.1, -0.05) is 0 Å². The molecule has 1 aromatic heterocycles. The maximum atomic E-state index is 12.8. The van der Waals surface area contributed by atoms with E-state index >= 15 is 0 Å². The van der Waals surface area contributed by atoms with Gasteiger partial charge in [-0.2, -0.15) is 9.40 Å². The summed E-state index contributed by atoms with van der Waals surface area (Å²) in [6.45, 7) is 6.17. The molecule has 1 atom stereocenters. The molecule has 0 bridgehead atoms. The maximum absolute atomic E-state index is 12.8. The summed E-state index contributed by atoms with van der Waals surface area (Å²) in [7, 11) is -2.20. The highest BCUT2D eigenvalue weighted by Crippen LogP contribution is 2.25. The van der Waals surface area contributed by atoms with E-state index in [1.54, 1.807) is 18.5 Å². The minimum absolute atomic E-state index is 0.0221. The highest BCUT2D eigenvalue weighted by Gasteiger charge is 2.43. The summed E-state index contributed by atoms with van der Waals surface area (Å²) in [4.78, 5) is 12.1. The lowest BCUT2D eigenvalue weighted by molar-refractivity contribution is -0.151. The Bertz CT molecular complexity index is 670. The van der Waals surface area contributed by atoms with E-state index in [1.807, 2.05) is 6.92 Å². The van der Waals surface area contributed by atoms with E-state index in [0.29, 0.717) is 12.2 Å². The highest BCUT2D eigenvalue weighted by molar-refractivity contribution is 7.89. The fraction of sp³-hybridized carbons (Fsp3) is 0.692. The number of rotatable bonds is 4. The van der Waals surface area contributed by atoms with Crippen LogP contribution < -0.4 is 5.32 Å². The van der Waals surface area contributed by atoms with Crippen LogP contribution in [0.25, 0.3) is 0 Å². The first-order valence-electron chi connectivity index (χ1n) is 7.15. The zero-order chi connectivity index (χ0) is 16.5. The number of nitrogens with zero attached hydrogens (tertiary/aromatic N) is 3. The number of carbonyl (C=O) groups is 1. The molecule has 9 heteroatoms. The third-order valence-electron chi connectivity index (χ3n) is 3.92. The topological polar surface area (TPSA) is 93.5 Å². The predicted molar refractivity (Wildman–Crippen MR) is 79.8 cm³/mol. The number of aromatic nitrogens is 2. The summed E-state index contributed by atoms with van der Waals surface area (Å²) in [5.74, 6) is -0.339. The first-order valence-corrected chi connectivity index (χ1v) is 8.59. The molecular weight excluding hydrogens is 308 g/mol. The number of carbonyl (C=O) groups excluding carboxylic acids is 1. The number of amides is 1. The molecule has 8 nitrogen and oxygen atoms in total. The molecule has 1 saturated heterocycles. The Balaban J connectivity index is 2.33. The fourth-order valence-electron chi connectivity index (χ4n) is 2.58. The summed E-state index contributed by atoms with van der Waals surface area (Å²) >= 11 is 0. The van der Waals surface area contributed by atoms with Gasteiger partial charge in [0.25, 0.3) is 5.91 Å². The highest BCUT2D eigenvalue weighted by atomic mass is 32.2. The lowest BCUT2D eigenvalue weighted by atomic mass is 10.0. The average Bonchev–Trinajstić information content (AvgIpc) is 2.87. The third-order valence-corrected chi connectivity index (χ3v) is 5.87. The molecule has 124 valence electrons. The van der Waals surface area contributed by atoms with Crippen molar-refractivity contribution in [2.75, 3.05) is 26.7 Å². The maximum Gasteiger partial charge on any atom is 0.253 e. The van der Waals surface area contributed by atoms with E-state index in [2.05, 4.69) is 10.4 Å². The Morgan fingerprint density at radius 2 is 2.23 bits per heavy atom. The van der Waals surface area contributed by atoms with Gasteiger partial charge in [0.05, 0.1) is 25.0 Å². The van der Waals surface area contributed by atoms with Crippen LogP contribution in [0.3, 0.4) is 0 Å². The molecular formula is C13H22N4O4S. The molecule has 2 rings (SSSR count). The average molecular weight is 330 g/mol. The van der Waals surface area contributed by atoms with E-state index in [-0.39, 0.29) is 30.5 Å². The van der Waals surface area contributed by atoms with Crippen molar-refractivity contribution in [2.45, 2.75) is 37.8 Å². The summed E-state index contributed by atoms with van der Waals surface area (Å²) < 4.78 is 34.1. The SMILES string of the molecule is CCn1ncc(S(=O)(=O)N2CCOC(C)(C(=O)NC)C2)c1C. The molecule has 0 radical (unpaired) electrons. The number of likely N-dealkylation sites (N-methyl/N-ethyl adjacent to an activating group) is 1. The minimum atomic E-state index is -3.70. The number of aryl methyl sites for hydroxylation is 1. The van der Waals surface area contributed by atoms with Crippen molar-refractivity contribution in [3.8, 4) is 0 Å². The molecule has 0 aromatic carbocycles. The van der Waals surface area contributed by atoms with Crippen molar-refractivity contribution in [1.82, 2.24) is 19.4 Å². The molecule has 1 aliphatic rings. The Morgan fingerprint density at radius 1 is 1.55 bits per heavy atom. The molecule has 2 heterocycles. The first-order chi connectivity index (χ1) is 10.3. The molecule has 1 N–H and O–H groups in total. The number of hydrogen-bond donors (Lipinski definition) is 1. The normalized spacial score (nSPS) is 23.5. The van der Waals surface area contributed by atoms with Crippen molar-refractivity contribution < 1.29 is 17.9 Å². The first kappa shape index (κ1) is 16.9. The number of morpholine rings is 1. The van der Waals surface area contributed by atoms with Crippen LogP contribution in [-0.4, -0.2) is 60.8 Å². The second-order valence-electron chi connectivity index (χ2n) is 5.41. The van der Waals surface area contributed by atoms with Crippen LogP contribution >= 0.6 is 0 Å². The molecule has 22 heavy (non-hydrogen) atoms. The van der Waals surface area contributed by atoms with Crippen molar-refractivity contribution >= 4 is 15.9 Å². The van der Waals surface area contributed by atoms with Crippen LogP contribution in [0.1, 0.15) is 19.5 Å². The monoisotopic (exact) mass is 330 g/mol. The van der Waals surface area contributed by atoms with Gasteiger partial charge in [0.1, 0.15) is 4.90 Å². The van der Waals surface area contributed by atoms with E-state index in [0.717, 1.165) is 0 Å². The molecule has 1 aromatic rings. The van der Waals surface area contributed by atoms with Gasteiger partial charge in [-0.3, -0.25) is 9.48 Å². The van der Waals surface area contributed by atoms with E-state index in [1.165, 1.54) is 17.5 Å². The molecule has 1 amide bonds. The summed E-state index contributed by atoms with van der Waals surface area (Å²) in [6, 6.07) is 0. The van der Waals surface area contributed by atoms with Crippen molar-refractivity contribution in [3.05, 3.63) is 11.9 Å². The Labute approximate surface area is 130 Å². The second kappa shape index (κ2) is 5.98. The van der Waals surface area contributed by atoms with Gasteiger partial charge in [0.2, 0.25) is 10.0 Å². The standard InChI is InChI=1S/C13H22N4O4S/c1-5-17-10(2)11(8-15-17)22(19,20)16-6-7-21-13(3,9-16)12(18)14-4/h8H,5-7,9H2,1-4H3,(H,14,18). The second-order valence-corrected chi connectivity index (χ2v) is 7.31. The van der Waals surface area contributed by atoms with E-state index in [4.69, 9.17) is 4.74 Å². The van der Waals surface area contributed by atoms with Crippen LogP contribution in [0.2, 0.25) is 0 Å². The number of nitrogens with one attached hydrogen (secondary N) is 1. The molecule has 0 saturated carbocycles. The van der Waals surface area contributed by atoms with Crippen molar-refractivity contribution in [3.63, 3.8) is 0 Å². The Morgan fingerprint density at radius 3 is 2.77 bits per heavy atom. The van der Waals surface area contributed by atoms with Gasteiger partial charge in [0.15, 0.2) is 5.60 Å². The fourth-order valence-corrected chi connectivity index (χ4v) is 4.25. The van der Waals surface area contributed by atoms with Gasteiger partial charge in [-0.15, -0.1) is 0 Å². The Hall–Kier alpha value is -1.45. The van der Waals surface area contributed by atoms with Crippen LogP contribution in [0.4, 0.5) is 0 Å². The van der Waals surface area contributed by atoms with Crippen LogP contribution in [0.15, 0.2) is 11.1 Å². The molecule has 0 spiro atoms. The quantitative estimate of drug-likeness (QED) is 0.821.